The van der Waals surface area contributed by atoms with Crippen LogP contribution in [0.15, 0.2) is 16.6 Å². The third-order valence-corrected chi connectivity index (χ3v) is 4.77. The van der Waals surface area contributed by atoms with Crippen LogP contribution >= 0.6 is 27.5 Å². The maximum absolute atomic E-state index is 13.6. The van der Waals surface area contributed by atoms with E-state index in [2.05, 4.69) is 53.2 Å². The van der Waals surface area contributed by atoms with E-state index in [4.69, 9.17) is 11.6 Å². The van der Waals surface area contributed by atoms with Gasteiger partial charge in [0, 0.05) is 12.6 Å². The smallest absolute Gasteiger partial charge is 0.139 e. The summed E-state index contributed by atoms with van der Waals surface area (Å²) in [7, 11) is 0. The van der Waals surface area contributed by atoms with Crippen molar-refractivity contribution in [3.63, 3.8) is 0 Å². The molecule has 0 aliphatic carbocycles. The van der Waals surface area contributed by atoms with Crippen LogP contribution in [0.5, 0.6) is 0 Å². The maximum Gasteiger partial charge on any atom is 0.139 e. The zero-order valence-corrected chi connectivity index (χ0v) is 14.5. The van der Waals surface area contributed by atoms with E-state index in [9.17, 15) is 4.39 Å². The second-order valence-corrected chi connectivity index (χ2v) is 7.42. The van der Waals surface area contributed by atoms with Gasteiger partial charge in [0.2, 0.25) is 0 Å². The molecule has 2 rings (SSSR count). The number of nitrogens with zero attached hydrogens (tertiary/aromatic N) is 2. The summed E-state index contributed by atoms with van der Waals surface area (Å²) in [5, 5.41) is 0. The molecule has 110 valence electrons. The number of rotatable bonds is 3. The van der Waals surface area contributed by atoms with Gasteiger partial charge in [-0.3, -0.25) is 0 Å². The van der Waals surface area contributed by atoms with Gasteiger partial charge in [0.25, 0.3) is 0 Å². The molecular weight excluding hydrogens is 343 g/mol. The van der Waals surface area contributed by atoms with E-state index in [-0.39, 0.29) is 11.2 Å². The van der Waals surface area contributed by atoms with Crippen molar-refractivity contribution < 1.29 is 4.39 Å². The van der Waals surface area contributed by atoms with Crippen LogP contribution in [0, 0.1) is 17.2 Å². The average molecular weight is 362 g/mol. The Morgan fingerprint density at radius 3 is 2.60 bits per heavy atom. The molecule has 1 aromatic heterocycles. The Bertz CT molecular complexity index is 631. The normalized spacial score (nSPS) is 13.9. The minimum Gasteiger partial charge on any atom is -0.327 e. The largest absolute Gasteiger partial charge is 0.327 e. The fraction of sp³-hybridized carbons (Fsp3) is 0.533. The highest BCUT2D eigenvalue weighted by Gasteiger charge is 2.23. The van der Waals surface area contributed by atoms with Crippen LogP contribution in [0.2, 0.25) is 0 Å². The van der Waals surface area contributed by atoms with Crippen molar-refractivity contribution >= 4 is 38.6 Å². The summed E-state index contributed by atoms with van der Waals surface area (Å²) in [6, 6.07) is 3.23. The summed E-state index contributed by atoms with van der Waals surface area (Å²) in [6.07, 6.45) is 0. The highest BCUT2D eigenvalue weighted by atomic mass is 79.9. The number of imidazole rings is 1. The van der Waals surface area contributed by atoms with Crippen molar-refractivity contribution in [3.8, 4) is 0 Å². The van der Waals surface area contributed by atoms with Gasteiger partial charge in [-0.2, -0.15) is 0 Å². The number of aromatic nitrogens is 2. The molecule has 1 aromatic carbocycles. The minimum absolute atomic E-state index is 0.192. The Balaban J connectivity index is 2.53. The number of fused-ring (bicyclic) bond motifs is 1. The summed E-state index contributed by atoms with van der Waals surface area (Å²) in [4.78, 5) is 4.44. The maximum atomic E-state index is 13.6. The highest BCUT2D eigenvalue weighted by Crippen LogP contribution is 2.30. The monoisotopic (exact) mass is 360 g/mol. The lowest BCUT2D eigenvalue weighted by Crippen LogP contribution is -2.23. The molecule has 1 heterocycles. The van der Waals surface area contributed by atoms with Crippen LogP contribution in [-0.2, 0) is 12.4 Å². The Morgan fingerprint density at radius 1 is 1.40 bits per heavy atom. The molecule has 0 saturated heterocycles. The molecule has 0 spiro atoms. The first-order valence-electron chi connectivity index (χ1n) is 6.64. The molecule has 20 heavy (non-hydrogen) atoms. The molecular formula is C15H19BrClFN2. The SMILES string of the molecule is CC(Cn1c(CCl)nc2cc(F)c(Br)cc21)C(C)(C)C. The van der Waals surface area contributed by atoms with E-state index in [0.29, 0.717) is 21.8 Å². The summed E-state index contributed by atoms with van der Waals surface area (Å²) >= 11 is 9.23. The Kier molecular flexibility index (Phi) is 4.45. The van der Waals surface area contributed by atoms with E-state index in [1.807, 2.05) is 0 Å². The minimum atomic E-state index is -0.299. The first-order valence-corrected chi connectivity index (χ1v) is 7.97. The van der Waals surface area contributed by atoms with Crippen LogP contribution in [0.4, 0.5) is 4.39 Å². The molecule has 1 unspecified atom stereocenters. The summed E-state index contributed by atoms with van der Waals surface area (Å²) in [5.74, 6) is 1.26. The molecule has 0 saturated carbocycles. The van der Waals surface area contributed by atoms with E-state index in [0.717, 1.165) is 17.9 Å². The third-order valence-electron chi connectivity index (χ3n) is 3.92. The lowest BCUT2D eigenvalue weighted by molar-refractivity contribution is 0.233. The van der Waals surface area contributed by atoms with Crippen LogP contribution in [0.25, 0.3) is 11.0 Å². The predicted octanol–water partition coefficient (Wildman–Crippen LogP) is 5.36. The van der Waals surface area contributed by atoms with Crippen LogP contribution in [-0.4, -0.2) is 9.55 Å². The molecule has 0 aliphatic heterocycles. The van der Waals surface area contributed by atoms with Gasteiger partial charge in [-0.05, 0) is 33.3 Å². The molecule has 0 fully saturated rings. The van der Waals surface area contributed by atoms with Crippen molar-refractivity contribution in [1.29, 1.82) is 0 Å². The lowest BCUT2D eigenvalue weighted by atomic mass is 9.82. The fourth-order valence-corrected chi connectivity index (χ4v) is 2.56. The second kappa shape index (κ2) is 5.64. The van der Waals surface area contributed by atoms with Gasteiger partial charge in [-0.25, -0.2) is 9.37 Å². The lowest BCUT2D eigenvalue weighted by Gasteiger charge is -2.28. The van der Waals surface area contributed by atoms with Gasteiger partial charge in [-0.1, -0.05) is 27.7 Å². The van der Waals surface area contributed by atoms with Crippen LogP contribution < -0.4 is 0 Å². The number of alkyl halides is 1. The van der Waals surface area contributed by atoms with Gasteiger partial charge in [0.05, 0.1) is 21.4 Å². The quantitative estimate of drug-likeness (QED) is 0.673. The van der Waals surface area contributed by atoms with Crippen molar-refractivity contribution in [1.82, 2.24) is 9.55 Å². The molecule has 0 radical (unpaired) electrons. The van der Waals surface area contributed by atoms with Gasteiger partial charge in [0.1, 0.15) is 11.6 Å². The Hall–Kier alpha value is -0.610. The van der Waals surface area contributed by atoms with Gasteiger partial charge >= 0.3 is 0 Å². The van der Waals surface area contributed by atoms with Crippen molar-refractivity contribution in [2.24, 2.45) is 11.3 Å². The van der Waals surface area contributed by atoms with Crippen LogP contribution in [0.1, 0.15) is 33.5 Å². The van der Waals surface area contributed by atoms with Crippen molar-refractivity contribution in [2.45, 2.75) is 40.1 Å². The zero-order valence-electron chi connectivity index (χ0n) is 12.2. The fourth-order valence-electron chi connectivity index (χ4n) is 2.02. The highest BCUT2D eigenvalue weighted by molar-refractivity contribution is 9.10. The number of hydrogen-bond donors (Lipinski definition) is 0. The van der Waals surface area contributed by atoms with E-state index >= 15 is 0 Å². The molecule has 0 N–H and O–H groups in total. The first-order chi connectivity index (χ1) is 9.24. The first kappa shape index (κ1) is 15.8. The molecule has 0 bridgehead atoms. The van der Waals surface area contributed by atoms with Gasteiger partial charge in [-0.15, -0.1) is 11.6 Å². The van der Waals surface area contributed by atoms with E-state index in [1.165, 1.54) is 6.07 Å². The van der Waals surface area contributed by atoms with E-state index in [1.54, 1.807) is 6.07 Å². The third kappa shape index (κ3) is 3.01. The topological polar surface area (TPSA) is 17.8 Å². The number of halogens is 3. The average Bonchev–Trinajstić information content (AvgIpc) is 2.66. The Labute approximate surface area is 132 Å². The number of benzene rings is 1. The van der Waals surface area contributed by atoms with Gasteiger partial charge < -0.3 is 4.57 Å². The molecule has 2 nitrogen and oxygen atoms in total. The molecule has 0 amide bonds. The summed E-state index contributed by atoms with van der Waals surface area (Å²) < 4.78 is 16.2. The number of hydrogen-bond acceptors (Lipinski definition) is 1. The summed E-state index contributed by atoms with van der Waals surface area (Å²) in [6.45, 7) is 9.68. The van der Waals surface area contributed by atoms with E-state index < -0.39 is 0 Å². The van der Waals surface area contributed by atoms with Gasteiger partial charge in [0.15, 0.2) is 0 Å². The van der Waals surface area contributed by atoms with Crippen molar-refractivity contribution in [3.05, 3.63) is 28.2 Å². The molecule has 0 aliphatic rings. The standard InChI is InChI=1S/C15H19BrClFN2/c1-9(15(2,3)4)8-20-13-5-10(16)11(18)6-12(13)19-14(20)7-17/h5-6,9H,7-8H2,1-4H3. The van der Waals surface area contributed by atoms with Crippen LogP contribution in [0.3, 0.4) is 0 Å². The zero-order chi connectivity index (χ0) is 15.1. The van der Waals surface area contributed by atoms with Crippen molar-refractivity contribution in [2.75, 3.05) is 0 Å². The predicted molar refractivity (Wildman–Crippen MR) is 85.6 cm³/mol. The molecule has 2 aromatic rings. The molecule has 1 atom stereocenters. The molecule has 5 heteroatoms. The Morgan fingerprint density at radius 2 is 2.05 bits per heavy atom. The second-order valence-electron chi connectivity index (χ2n) is 6.29. The summed E-state index contributed by atoms with van der Waals surface area (Å²) in [5.41, 5.74) is 1.77.